The van der Waals surface area contributed by atoms with E-state index in [0.29, 0.717) is 46.7 Å². The molecule has 5 aromatic rings. The number of carbonyl (C=O) groups excluding carboxylic acids is 2. The Hall–Kier alpha value is -5.29. The second-order valence-electron chi connectivity index (χ2n) is 10.8. The maximum atomic E-state index is 14.6. The molecule has 42 heavy (non-hydrogen) atoms. The molecule has 2 heterocycles. The summed E-state index contributed by atoms with van der Waals surface area (Å²) in [6.07, 6.45) is 0. The number of Topliss-reactive ketones (excluding diaryl/α,β-unsaturated/α-hetero) is 2. The van der Waals surface area contributed by atoms with Gasteiger partial charge in [-0.25, -0.2) is 0 Å². The van der Waals surface area contributed by atoms with E-state index in [2.05, 4.69) is 0 Å². The lowest BCUT2D eigenvalue weighted by Gasteiger charge is -2.40. The van der Waals surface area contributed by atoms with Crippen molar-refractivity contribution >= 4 is 17.3 Å². The van der Waals surface area contributed by atoms with Gasteiger partial charge in [-0.05, 0) is 29.7 Å². The number of carbonyl (C=O) groups is 2. The fraction of sp³-hybridized carbons (Fsp3) is 0.108. The monoisotopic (exact) mass is 548 g/mol. The predicted molar refractivity (Wildman–Crippen MR) is 164 cm³/mol. The van der Waals surface area contributed by atoms with E-state index < -0.39 is 5.92 Å². The highest BCUT2D eigenvalue weighted by Crippen LogP contribution is 2.48. The van der Waals surface area contributed by atoms with Crippen molar-refractivity contribution in [2.45, 2.75) is 25.9 Å². The Labute approximate surface area is 244 Å². The Bertz CT molecular complexity index is 1940. The van der Waals surface area contributed by atoms with Crippen LogP contribution < -0.4 is 10.5 Å². The topological polar surface area (TPSA) is 59.4 Å². The number of nitrogens with zero attached hydrogens (tertiary/aromatic N) is 2. The third-order valence-electron chi connectivity index (χ3n) is 8.29. The van der Waals surface area contributed by atoms with Crippen LogP contribution in [0, 0.1) is 6.92 Å². The highest BCUT2D eigenvalue weighted by atomic mass is 16.1. The molecule has 2 aliphatic rings. The van der Waals surface area contributed by atoms with E-state index in [1.807, 2.05) is 109 Å². The zero-order valence-electron chi connectivity index (χ0n) is 23.2. The van der Waals surface area contributed by atoms with Gasteiger partial charge in [0.1, 0.15) is 0 Å². The Kier molecular flexibility index (Phi) is 6.28. The molecule has 0 amide bonds. The lowest BCUT2D eigenvalue weighted by molar-refractivity contribution is 0.0967. The molecule has 5 nitrogen and oxygen atoms in total. The molecule has 7 rings (SSSR count). The van der Waals surface area contributed by atoms with E-state index in [4.69, 9.17) is 0 Å². The zero-order valence-corrected chi connectivity index (χ0v) is 23.2. The summed E-state index contributed by atoms with van der Waals surface area (Å²) in [5, 5.41) is 0. The number of aryl methyl sites for hydroxylation is 1. The van der Waals surface area contributed by atoms with Gasteiger partial charge in [-0.3, -0.25) is 14.4 Å². The number of aromatic nitrogens is 1. The molecule has 1 aliphatic carbocycles. The molecule has 0 saturated carbocycles. The summed E-state index contributed by atoms with van der Waals surface area (Å²) in [4.78, 5) is 45.3. The van der Waals surface area contributed by atoms with Crippen LogP contribution in [0.2, 0.25) is 0 Å². The van der Waals surface area contributed by atoms with E-state index in [0.717, 1.165) is 22.4 Å². The smallest absolute Gasteiger partial charge is 0.257 e. The second-order valence-corrected chi connectivity index (χ2v) is 10.8. The SMILES string of the molecule is Cc1cc2c(c(=O)n1Cc1ccccc1)C(c1ccccc1)C1=C(C(=O)c3ccccc3C1=O)N2Cc1ccccc1. The van der Waals surface area contributed by atoms with Crippen molar-refractivity contribution in [3.63, 3.8) is 0 Å². The molecule has 0 fully saturated rings. The first-order valence-corrected chi connectivity index (χ1v) is 14.1. The number of pyridine rings is 1. The van der Waals surface area contributed by atoms with Crippen LogP contribution in [-0.2, 0) is 13.1 Å². The third kappa shape index (κ3) is 4.13. The van der Waals surface area contributed by atoms with Gasteiger partial charge in [0.15, 0.2) is 5.78 Å². The highest BCUT2D eigenvalue weighted by molar-refractivity contribution is 6.29. The fourth-order valence-corrected chi connectivity index (χ4v) is 6.32. The van der Waals surface area contributed by atoms with Crippen molar-refractivity contribution in [3.8, 4) is 0 Å². The van der Waals surface area contributed by atoms with Crippen LogP contribution >= 0.6 is 0 Å². The fourth-order valence-electron chi connectivity index (χ4n) is 6.32. The van der Waals surface area contributed by atoms with Gasteiger partial charge in [0.25, 0.3) is 5.56 Å². The highest BCUT2D eigenvalue weighted by Gasteiger charge is 2.45. The number of fused-ring (bicyclic) bond motifs is 2. The zero-order chi connectivity index (χ0) is 28.8. The minimum Gasteiger partial charge on any atom is -0.333 e. The molecular formula is C37H28N2O3. The minimum atomic E-state index is -0.692. The van der Waals surface area contributed by atoms with Crippen LogP contribution in [0.3, 0.4) is 0 Å². The molecule has 1 aliphatic heterocycles. The molecule has 0 bridgehead atoms. The summed E-state index contributed by atoms with van der Waals surface area (Å²) in [5.41, 5.74) is 6.06. The number of hydrogen-bond acceptors (Lipinski definition) is 4. The molecule has 1 aromatic heterocycles. The standard InChI is InChI=1S/C37H28N2O3/c1-24-21-30-32(37(42)38(24)22-25-13-5-2-6-14-25)31(27-17-9-4-10-18-27)33-34(39(30)23-26-15-7-3-8-16-26)36(41)29-20-12-11-19-28(29)35(33)40/h2-21,31H,22-23H2,1H3. The molecule has 204 valence electrons. The number of allylic oxidation sites excluding steroid dienone is 2. The normalized spacial score (nSPS) is 15.7. The molecular weight excluding hydrogens is 520 g/mol. The molecule has 0 N–H and O–H groups in total. The number of hydrogen-bond donors (Lipinski definition) is 0. The first-order chi connectivity index (χ1) is 20.5. The van der Waals surface area contributed by atoms with Crippen molar-refractivity contribution in [2.75, 3.05) is 4.90 Å². The Balaban J connectivity index is 1.54. The van der Waals surface area contributed by atoms with Gasteiger partial charge in [0, 0.05) is 34.9 Å². The van der Waals surface area contributed by atoms with Crippen LogP contribution in [0.25, 0.3) is 0 Å². The van der Waals surface area contributed by atoms with E-state index in [1.54, 1.807) is 28.8 Å². The van der Waals surface area contributed by atoms with Crippen molar-refractivity contribution in [1.29, 1.82) is 0 Å². The maximum Gasteiger partial charge on any atom is 0.257 e. The Morgan fingerprint density at radius 1 is 0.619 bits per heavy atom. The second kappa shape index (κ2) is 10.3. The van der Waals surface area contributed by atoms with Crippen LogP contribution in [0.5, 0.6) is 0 Å². The maximum absolute atomic E-state index is 14.6. The van der Waals surface area contributed by atoms with Gasteiger partial charge in [-0.1, -0.05) is 115 Å². The minimum absolute atomic E-state index is 0.161. The molecule has 4 aromatic carbocycles. The number of ketones is 2. The average Bonchev–Trinajstić information content (AvgIpc) is 3.03. The average molecular weight is 549 g/mol. The molecule has 1 unspecified atom stereocenters. The van der Waals surface area contributed by atoms with Crippen LogP contribution in [0.15, 0.2) is 137 Å². The third-order valence-corrected chi connectivity index (χ3v) is 8.29. The summed E-state index contributed by atoms with van der Waals surface area (Å²) in [7, 11) is 0. The van der Waals surface area contributed by atoms with E-state index in [1.165, 1.54) is 0 Å². The number of rotatable bonds is 5. The lowest BCUT2D eigenvalue weighted by atomic mass is 9.73. The summed E-state index contributed by atoms with van der Waals surface area (Å²) < 4.78 is 1.78. The molecule has 0 radical (unpaired) electrons. The van der Waals surface area contributed by atoms with Crippen LogP contribution in [0.1, 0.15) is 54.6 Å². The Morgan fingerprint density at radius 3 is 1.76 bits per heavy atom. The van der Waals surface area contributed by atoms with Gasteiger partial charge < -0.3 is 9.47 Å². The Morgan fingerprint density at radius 2 is 1.14 bits per heavy atom. The van der Waals surface area contributed by atoms with Crippen molar-refractivity contribution in [2.24, 2.45) is 0 Å². The van der Waals surface area contributed by atoms with E-state index in [9.17, 15) is 14.4 Å². The van der Waals surface area contributed by atoms with Crippen molar-refractivity contribution in [3.05, 3.63) is 182 Å². The molecule has 0 saturated heterocycles. The van der Waals surface area contributed by atoms with E-state index >= 15 is 0 Å². The quantitative estimate of drug-likeness (QED) is 0.246. The summed E-state index contributed by atoms with van der Waals surface area (Å²) >= 11 is 0. The van der Waals surface area contributed by atoms with E-state index in [-0.39, 0.29) is 17.1 Å². The van der Waals surface area contributed by atoms with Gasteiger partial charge in [-0.15, -0.1) is 0 Å². The van der Waals surface area contributed by atoms with Crippen molar-refractivity contribution in [1.82, 2.24) is 4.57 Å². The van der Waals surface area contributed by atoms with Gasteiger partial charge >= 0.3 is 0 Å². The van der Waals surface area contributed by atoms with Gasteiger partial charge in [0.2, 0.25) is 5.78 Å². The van der Waals surface area contributed by atoms with Gasteiger partial charge in [0.05, 0.1) is 23.5 Å². The summed E-state index contributed by atoms with van der Waals surface area (Å²) in [5.74, 6) is -1.11. The number of anilines is 1. The van der Waals surface area contributed by atoms with Crippen LogP contribution in [0.4, 0.5) is 5.69 Å². The summed E-state index contributed by atoms with van der Waals surface area (Å²) in [6.45, 7) is 2.67. The van der Waals surface area contributed by atoms with Crippen molar-refractivity contribution < 1.29 is 9.59 Å². The largest absolute Gasteiger partial charge is 0.333 e. The predicted octanol–water partition coefficient (Wildman–Crippen LogP) is 6.69. The first kappa shape index (κ1) is 25.7. The molecule has 0 spiro atoms. The van der Waals surface area contributed by atoms with Crippen LogP contribution in [-0.4, -0.2) is 16.1 Å². The number of benzene rings is 4. The van der Waals surface area contributed by atoms with Gasteiger partial charge in [-0.2, -0.15) is 0 Å². The first-order valence-electron chi connectivity index (χ1n) is 14.1. The molecule has 1 atom stereocenters. The lowest BCUT2D eigenvalue weighted by Crippen LogP contribution is -2.43. The molecule has 5 heteroatoms. The summed E-state index contributed by atoms with van der Waals surface area (Å²) in [6, 6.07) is 38.3.